The molecule has 4 rings (SSSR count). The van der Waals surface area contributed by atoms with Crippen LogP contribution in [0.3, 0.4) is 0 Å². The zero-order valence-corrected chi connectivity index (χ0v) is 16.2. The number of nitrogens with one attached hydrogen (secondary N) is 1. The molecule has 1 aliphatic rings. The van der Waals surface area contributed by atoms with E-state index in [2.05, 4.69) is 14.9 Å². The normalized spacial score (nSPS) is 15.5. The molecule has 0 aliphatic carbocycles. The van der Waals surface area contributed by atoms with Gasteiger partial charge >= 0.3 is 0 Å². The molecular formula is C19H21N3O2S2. The molecule has 0 bridgehead atoms. The van der Waals surface area contributed by atoms with E-state index in [9.17, 15) is 8.42 Å². The molecule has 1 aliphatic heterocycles. The van der Waals surface area contributed by atoms with Crippen molar-refractivity contribution in [3.05, 3.63) is 42.5 Å². The van der Waals surface area contributed by atoms with Crippen molar-refractivity contribution >= 4 is 38.3 Å². The van der Waals surface area contributed by atoms with Crippen molar-refractivity contribution in [1.82, 2.24) is 9.97 Å². The summed E-state index contributed by atoms with van der Waals surface area (Å²) in [5, 5.41) is 0.799. The highest BCUT2D eigenvalue weighted by molar-refractivity contribution is 7.98. The average molecular weight is 388 g/mol. The number of aromatic nitrogens is 2. The molecule has 0 atom stereocenters. The number of thioether (sulfide) groups is 1. The van der Waals surface area contributed by atoms with Crippen molar-refractivity contribution < 1.29 is 8.42 Å². The second-order valence-electron chi connectivity index (χ2n) is 6.42. The van der Waals surface area contributed by atoms with Gasteiger partial charge in [0.15, 0.2) is 5.16 Å². The molecule has 26 heavy (non-hydrogen) atoms. The molecule has 2 aromatic carbocycles. The van der Waals surface area contributed by atoms with Gasteiger partial charge in [0.2, 0.25) is 9.84 Å². The quantitative estimate of drug-likeness (QED) is 0.683. The SMILES string of the molecule is CSc1nc2c(N3CCCCC3)c(S(=O)(=O)c3ccccc3)ccc2[nH]1. The summed E-state index contributed by atoms with van der Waals surface area (Å²) in [6.45, 7) is 1.72. The van der Waals surface area contributed by atoms with E-state index in [1.807, 2.05) is 18.4 Å². The minimum absolute atomic E-state index is 0.318. The molecule has 3 aromatic rings. The van der Waals surface area contributed by atoms with Gasteiger partial charge in [0.05, 0.1) is 21.0 Å². The molecule has 0 radical (unpaired) electrons. The summed E-state index contributed by atoms with van der Waals surface area (Å²) in [6, 6.07) is 12.2. The summed E-state index contributed by atoms with van der Waals surface area (Å²) < 4.78 is 26.7. The zero-order valence-electron chi connectivity index (χ0n) is 14.6. The maximum absolute atomic E-state index is 13.3. The van der Waals surface area contributed by atoms with Crippen LogP contribution >= 0.6 is 11.8 Å². The Morgan fingerprint density at radius 1 is 1.04 bits per heavy atom. The molecule has 1 N–H and O–H groups in total. The van der Waals surface area contributed by atoms with Crippen LogP contribution in [0.5, 0.6) is 0 Å². The minimum atomic E-state index is -3.61. The van der Waals surface area contributed by atoms with E-state index in [4.69, 9.17) is 0 Å². The standard InChI is InChI=1S/C19H21N3O2S2/c1-25-19-20-15-10-11-16(26(23,24)14-8-4-2-5-9-14)18(17(15)21-19)22-12-6-3-7-13-22/h2,4-5,8-11H,3,6-7,12-13H2,1H3,(H,20,21). The zero-order chi connectivity index (χ0) is 18.1. The van der Waals surface area contributed by atoms with E-state index >= 15 is 0 Å². The smallest absolute Gasteiger partial charge is 0.208 e. The molecule has 7 heteroatoms. The van der Waals surface area contributed by atoms with Gasteiger partial charge in [0.1, 0.15) is 5.52 Å². The van der Waals surface area contributed by atoms with Crippen LogP contribution in [0, 0.1) is 0 Å². The maximum Gasteiger partial charge on any atom is 0.208 e. The lowest BCUT2D eigenvalue weighted by Gasteiger charge is -2.30. The van der Waals surface area contributed by atoms with Crippen LogP contribution in [0.15, 0.2) is 57.4 Å². The molecule has 2 heterocycles. The lowest BCUT2D eigenvalue weighted by molar-refractivity contribution is 0.572. The van der Waals surface area contributed by atoms with Crippen molar-refractivity contribution in [2.45, 2.75) is 34.2 Å². The molecule has 1 fully saturated rings. The van der Waals surface area contributed by atoms with E-state index in [1.54, 1.807) is 30.3 Å². The molecule has 0 amide bonds. The molecule has 136 valence electrons. The van der Waals surface area contributed by atoms with Gasteiger partial charge in [-0.3, -0.25) is 0 Å². The Kier molecular flexibility index (Phi) is 4.67. The summed E-state index contributed by atoms with van der Waals surface area (Å²) in [7, 11) is -3.61. The number of H-pyrrole nitrogens is 1. The predicted molar refractivity (Wildman–Crippen MR) is 106 cm³/mol. The third kappa shape index (κ3) is 2.99. The first-order valence-electron chi connectivity index (χ1n) is 8.73. The number of hydrogen-bond donors (Lipinski definition) is 1. The van der Waals surface area contributed by atoms with Crippen LogP contribution in [0.1, 0.15) is 19.3 Å². The lowest BCUT2D eigenvalue weighted by Crippen LogP contribution is -2.31. The minimum Gasteiger partial charge on any atom is -0.369 e. The molecular weight excluding hydrogens is 366 g/mol. The number of imidazole rings is 1. The molecule has 0 spiro atoms. The fourth-order valence-corrected chi connectivity index (χ4v) is 5.37. The van der Waals surface area contributed by atoms with Gasteiger partial charge in [-0.25, -0.2) is 13.4 Å². The van der Waals surface area contributed by atoms with Crippen LogP contribution < -0.4 is 4.90 Å². The highest BCUT2D eigenvalue weighted by Crippen LogP contribution is 2.37. The second-order valence-corrected chi connectivity index (χ2v) is 9.13. The van der Waals surface area contributed by atoms with Crippen molar-refractivity contribution in [1.29, 1.82) is 0 Å². The van der Waals surface area contributed by atoms with Gasteiger partial charge in [-0.15, -0.1) is 0 Å². The fraction of sp³-hybridized carbons (Fsp3) is 0.316. The number of rotatable bonds is 4. The van der Waals surface area contributed by atoms with Gasteiger partial charge in [-0.1, -0.05) is 30.0 Å². The lowest BCUT2D eigenvalue weighted by atomic mass is 10.1. The molecule has 0 unspecified atom stereocenters. The number of benzene rings is 2. The molecule has 1 saturated heterocycles. The Morgan fingerprint density at radius 3 is 2.46 bits per heavy atom. The van der Waals surface area contributed by atoms with Crippen LogP contribution in [0.4, 0.5) is 5.69 Å². The number of hydrogen-bond acceptors (Lipinski definition) is 5. The van der Waals surface area contributed by atoms with E-state index in [0.29, 0.717) is 9.79 Å². The molecule has 0 saturated carbocycles. The van der Waals surface area contributed by atoms with Crippen molar-refractivity contribution in [3.8, 4) is 0 Å². The van der Waals surface area contributed by atoms with E-state index in [0.717, 1.165) is 47.8 Å². The Hall–Kier alpha value is -1.99. The van der Waals surface area contributed by atoms with Crippen LogP contribution in [0.2, 0.25) is 0 Å². The van der Waals surface area contributed by atoms with Crippen molar-refractivity contribution in [2.75, 3.05) is 24.2 Å². The summed E-state index contributed by atoms with van der Waals surface area (Å²) >= 11 is 1.52. The number of sulfone groups is 1. The van der Waals surface area contributed by atoms with Gasteiger partial charge in [-0.2, -0.15) is 0 Å². The number of fused-ring (bicyclic) bond motifs is 1. The highest BCUT2D eigenvalue weighted by Gasteiger charge is 2.28. The van der Waals surface area contributed by atoms with E-state index in [-0.39, 0.29) is 0 Å². The number of aromatic amines is 1. The maximum atomic E-state index is 13.3. The Labute approximate surface area is 157 Å². The average Bonchev–Trinajstić information content (AvgIpc) is 3.12. The van der Waals surface area contributed by atoms with Crippen molar-refractivity contribution in [2.24, 2.45) is 0 Å². The molecule has 1 aromatic heterocycles. The Morgan fingerprint density at radius 2 is 1.77 bits per heavy atom. The van der Waals surface area contributed by atoms with Crippen LogP contribution in [-0.2, 0) is 9.84 Å². The first-order valence-corrected chi connectivity index (χ1v) is 11.4. The van der Waals surface area contributed by atoms with Gasteiger partial charge in [-0.05, 0) is 49.8 Å². The highest BCUT2D eigenvalue weighted by atomic mass is 32.2. The van der Waals surface area contributed by atoms with Crippen LogP contribution in [-0.4, -0.2) is 37.7 Å². The first-order chi connectivity index (χ1) is 12.6. The topological polar surface area (TPSA) is 66.1 Å². The fourth-order valence-electron chi connectivity index (χ4n) is 3.48. The van der Waals surface area contributed by atoms with E-state index in [1.165, 1.54) is 18.2 Å². The van der Waals surface area contributed by atoms with Gasteiger partial charge in [0.25, 0.3) is 0 Å². The second kappa shape index (κ2) is 6.96. The molecule has 5 nitrogen and oxygen atoms in total. The number of piperidine rings is 1. The third-order valence-corrected chi connectivity index (χ3v) is 7.16. The summed E-state index contributed by atoms with van der Waals surface area (Å²) in [5.74, 6) is 0. The largest absolute Gasteiger partial charge is 0.369 e. The third-order valence-electron chi connectivity index (χ3n) is 4.78. The Bertz CT molecular complexity index is 1020. The first kappa shape index (κ1) is 17.4. The van der Waals surface area contributed by atoms with Crippen molar-refractivity contribution in [3.63, 3.8) is 0 Å². The van der Waals surface area contributed by atoms with Gasteiger partial charge < -0.3 is 9.88 Å². The Balaban J connectivity index is 1.96. The summed E-state index contributed by atoms with van der Waals surface area (Å²) in [5.41, 5.74) is 2.36. The monoisotopic (exact) mass is 387 g/mol. The van der Waals surface area contributed by atoms with Gasteiger partial charge in [0, 0.05) is 13.1 Å². The predicted octanol–water partition coefficient (Wildman–Crippen LogP) is 4.11. The summed E-state index contributed by atoms with van der Waals surface area (Å²) in [6.07, 6.45) is 5.28. The van der Waals surface area contributed by atoms with Crippen LogP contribution in [0.25, 0.3) is 11.0 Å². The number of anilines is 1. The van der Waals surface area contributed by atoms with E-state index < -0.39 is 9.84 Å². The summed E-state index contributed by atoms with van der Waals surface area (Å²) in [4.78, 5) is 10.8. The number of nitrogens with zero attached hydrogens (tertiary/aromatic N) is 2.